The number of benzene rings is 2. The topological polar surface area (TPSA) is 68.8 Å². The van der Waals surface area contributed by atoms with E-state index >= 15 is 0 Å². The molecule has 0 aliphatic carbocycles. The monoisotopic (exact) mass is 328 g/mol. The highest BCUT2D eigenvalue weighted by molar-refractivity contribution is 5.73. The van der Waals surface area contributed by atoms with Gasteiger partial charge in [-0.3, -0.25) is 0 Å². The molecule has 3 rings (SSSR count). The van der Waals surface area contributed by atoms with Gasteiger partial charge in [-0.25, -0.2) is 4.79 Å². The second-order valence-electron chi connectivity index (χ2n) is 5.40. The molecule has 1 aliphatic rings. The second-order valence-corrected chi connectivity index (χ2v) is 5.40. The van der Waals surface area contributed by atoms with Gasteiger partial charge in [0.05, 0.1) is 7.11 Å². The van der Waals surface area contributed by atoms with Crippen LogP contribution in [0.5, 0.6) is 17.2 Å². The van der Waals surface area contributed by atoms with E-state index in [1.807, 2.05) is 42.5 Å². The first-order valence-electron chi connectivity index (χ1n) is 7.78. The molecule has 0 aromatic heterocycles. The number of amides is 2. The van der Waals surface area contributed by atoms with Gasteiger partial charge in [0.15, 0.2) is 11.5 Å². The molecule has 6 nitrogen and oxygen atoms in total. The fourth-order valence-corrected chi connectivity index (χ4v) is 2.41. The number of methoxy groups -OCH3 is 1. The summed E-state index contributed by atoms with van der Waals surface area (Å²) in [6.45, 7) is 1.29. The summed E-state index contributed by atoms with van der Waals surface area (Å²) in [6, 6.07) is 13.2. The number of carbonyl (C=O) groups is 1. The quantitative estimate of drug-likeness (QED) is 0.855. The van der Waals surface area contributed by atoms with Gasteiger partial charge in [0.1, 0.15) is 5.75 Å². The van der Waals surface area contributed by atoms with Crippen molar-refractivity contribution >= 4 is 6.03 Å². The van der Waals surface area contributed by atoms with Gasteiger partial charge >= 0.3 is 6.03 Å². The molecule has 0 bridgehead atoms. The predicted octanol–water partition coefficient (Wildman–Crippen LogP) is 2.47. The summed E-state index contributed by atoms with van der Waals surface area (Å²) >= 11 is 0. The minimum atomic E-state index is -0.188. The van der Waals surface area contributed by atoms with Crippen molar-refractivity contribution < 1.29 is 19.0 Å². The molecular formula is C18H20N2O4. The third-order valence-corrected chi connectivity index (χ3v) is 3.75. The van der Waals surface area contributed by atoms with Crippen molar-refractivity contribution in [3.05, 3.63) is 53.6 Å². The zero-order valence-corrected chi connectivity index (χ0v) is 13.5. The van der Waals surface area contributed by atoms with Gasteiger partial charge in [-0.1, -0.05) is 18.2 Å². The number of urea groups is 1. The van der Waals surface area contributed by atoms with Crippen LogP contribution in [0, 0.1) is 0 Å². The Morgan fingerprint density at radius 2 is 1.79 bits per heavy atom. The first-order valence-corrected chi connectivity index (χ1v) is 7.78. The summed E-state index contributed by atoms with van der Waals surface area (Å²) in [5, 5.41) is 5.67. The molecule has 0 unspecified atom stereocenters. The molecule has 126 valence electrons. The maximum atomic E-state index is 11.8. The molecule has 6 heteroatoms. The molecule has 2 amide bonds. The maximum Gasteiger partial charge on any atom is 0.315 e. The van der Waals surface area contributed by atoms with E-state index in [0.29, 0.717) is 13.1 Å². The lowest BCUT2D eigenvalue weighted by Crippen LogP contribution is -2.36. The van der Waals surface area contributed by atoms with Crippen LogP contribution in [0.15, 0.2) is 42.5 Å². The summed E-state index contributed by atoms with van der Waals surface area (Å²) in [5.41, 5.74) is 2.11. The van der Waals surface area contributed by atoms with E-state index in [2.05, 4.69) is 10.6 Å². The molecule has 0 fully saturated rings. The van der Waals surface area contributed by atoms with Crippen molar-refractivity contribution in [2.45, 2.75) is 13.0 Å². The molecule has 2 aromatic carbocycles. The standard InChI is InChI=1S/C18H20N2O4/c1-22-15-5-2-14(3-6-15)11-20-18(21)19-9-8-13-4-7-16-17(10-13)24-12-23-16/h2-7,10H,8-9,11-12H2,1H3,(H2,19,20,21). The molecule has 1 aliphatic heterocycles. The normalized spacial score (nSPS) is 11.9. The number of hydrogen-bond acceptors (Lipinski definition) is 4. The lowest BCUT2D eigenvalue weighted by molar-refractivity contribution is 0.174. The number of rotatable bonds is 6. The van der Waals surface area contributed by atoms with Crippen LogP contribution in [0.1, 0.15) is 11.1 Å². The Balaban J connectivity index is 1.39. The minimum absolute atomic E-state index is 0.188. The third-order valence-electron chi connectivity index (χ3n) is 3.75. The largest absolute Gasteiger partial charge is 0.497 e. The fourth-order valence-electron chi connectivity index (χ4n) is 2.41. The highest BCUT2D eigenvalue weighted by Gasteiger charge is 2.13. The predicted molar refractivity (Wildman–Crippen MR) is 89.5 cm³/mol. The molecular weight excluding hydrogens is 308 g/mol. The van der Waals surface area contributed by atoms with Gasteiger partial charge in [0.2, 0.25) is 6.79 Å². The molecule has 0 radical (unpaired) electrons. The van der Waals surface area contributed by atoms with E-state index in [1.54, 1.807) is 7.11 Å². The Kier molecular flexibility index (Phi) is 5.05. The van der Waals surface area contributed by atoms with Gasteiger partial charge < -0.3 is 24.8 Å². The second kappa shape index (κ2) is 7.59. The van der Waals surface area contributed by atoms with Gasteiger partial charge in [-0.05, 0) is 41.8 Å². The van der Waals surface area contributed by atoms with Crippen LogP contribution in [0.3, 0.4) is 0 Å². The number of fused-ring (bicyclic) bond motifs is 1. The number of carbonyl (C=O) groups excluding carboxylic acids is 1. The molecule has 2 aromatic rings. The Morgan fingerprint density at radius 1 is 1.04 bits per heavy atom. The Labute approximate surface area is 140 Å². The number of nitrogens with one attached hydrogen (secondary N) is 2. The zero-order valence-electron chi connectivity index (χ0n) is 13.5. The van der Waals surface area contributed by atoms with Crippen LogP contribution in [0.4, 0.5) is 4.79 Å². The van der Waals surface area contributed by atoms with Gasteiger partial charge in [-0.2, -0.15) is 0 Å². The highest BCUT2D eigenvalue weighted by atomic mass is 16.7. The van der Waals surface area contributed by atoms with E-state index < -0.39 is 0 Å². The number of ether oxygens (including phenoxy) is 3. The Hall–Kier alpha value is -2.89. The van der Waals surface area contributed by atoms with E-state index in [1.165, 1.54) is 0 Å². The van der Waals surface area contributed by atoms with E-state index in [4.69, 9.17) is 14.2 Å². The lowest BCUT2D eigenvalue weighted by atomic mass is 10.1. The summed E-state index contributed by atoms with van der Waals surface area (Å²) in [4.78, 5) is 11.8. The van der Waals surface area contributed by atoms with Crippen molar-refractivity contribution in [3.8, 4) is 17.2 Å². The minimum Gasteiger partial charge on any atom is -0.497 e. The van der Waals surface area contributed by atoms with Crippen molar-refractivity contribution in [2.24, 2.45) is 0 Å². The van der Waals surface area contributed by atoms with E-state index in [-0.39, 0.29) is 12.8 Å². The maximum absolute atomic E-state index is 11.8. The van der Waals surface area contributed by atoms with Crippen LogP contribution in [-0.2, 0) is 13.0 Å². The zero-order chi connectivity index (χ0) is 16.8. The third kappa shape index (κ3) is 4.10. The van der Waals surface area contributed by atoms with Crippen molar-refractivity contribution in [1.29, 1.82) is 0 Å². The van der Waals surface area contributed by atoms with Crippen LogP contribution in [0.25, 0.3) is 0 Å². The van der Waals surface area contributed by atoms with Gasteiger partial charge in [-0.15, -0.1) is 0 Å². The van der Waals surface area contributed by atoms with Crippen molar-refractivity contribution in [2.75, 3.05) is 20.4 Å². The average Bonchev–Trinajstić information content (AvgIpc) is 3.08. The number of hydrogen-bond donors (Lipinski definition) is 2. The summed E-state index contributed by atoms with van der Waals surface area (Å²) in [5.74, 6) is 2.33. The summed E-state index contributed by atoms with van der Waals surface area (Å²) < 4.78 is 15.7. The van der Waals surface area contributed by atoms with Crippen LogP contribution in [0.2, 0.25) is 0 Å². The first-order chi connectivity index (χ1) is 11.7. The SMILES string of the molecule is COc1ccc(CNC(=O)NCCc2ccc3c(c2)OCO3)cc1. The Bertz CT molecular complexity index is 701. The fraction of sp³-hybridized carbons (Fsp3) is 0.278. The van der Waals surface area contributed by atoms with Crippen LogP contribution in [-0.4, -0.2) is 26.5 Å². The van der Waals surface area contributed by atoms with E-state index in [0.717, 1.165) is 34.8 Å². The molecule has 0 saturated carbocycles. The summed E-state index contributed by atoms with van der Waals surface area (Å²) in [6.07, 6.45) is 0.729. The molecule has 0 saturated heterocycles. The van der Waals surface area contributed by atoms with Crippen LogP contribution < -0.4 is 24.8 Å². The first kappa shape index (κ1) is 16.0. The van der Waals surface area contributed by atoms with Gasteiger partial charge in [0, 0.05) is 13.1 Å². The van der Waals surface area contributed by atoms with Crippen molar-refractivity contribution in [1.82, 2.24) is 10.6 Å². The molecule has 0 spiro atoms. The summed E-state index contributed by atoms with van der Waals surface area (Å²) in [7, 11) is 1.63. The molecule has 2 N–H and O–H groups in total. The smallest absolute Gasteiger partial charge is 0.315 e. The van der Waals surface area contributed by atoms with Gasteiger partial charge in [0.25, 0.3) is 0 Å². The van der Waals surface area contributed by atoms with Crippen LogP contribution >= 0.6 is 0 Å². The lowest BCUT2D eigenvalue weighted by Gasteiger charge is -2.08. The Morgan fingerprint density at radius 3 is 2.58 bits per heavy atom. The van der Waals surface area contributed by atoms with Crippen molar-refractivity contribution in [3.63, 3.8) is 0 Å². The average molecular weight is 328 g/mol. The highest BCUT2D eigenvalue weighted by Crippen LogP contribution is 2.32. The molecule has 24 heavy (non-hydrogen) atoms. The molecule has 0 atom stereocenters. The molecule has 1 heterocycles. The van der Waals surface area contributed by atoms with E-state index in [9.17, 15) is 4.79 Å².